The minimum atomic E-state index is -0.326. The average Bonchev–Trinajstić information content (AvgIpc) is 2.66. The van der Waals surface area contributed by atoms with Crippen molar-refractivity contribution in [3.05, 3.63) is 76.8 Å². The van der Waals surface area contributed by atoms with Gasteiger partial charge >= 0.3 is 0 Å². The maximum Gasteiger partial charge on any atom is 0.275 e. The van der Waals surface area contributed by atoms with Crippen molar-refractivity contribution < 1.29 is 4.79 Å². The van der Waals surface area contributed by atoms with Crippen LogP contribution in [0, 0.1) is 6.92 Å². The normalized spacial score (nSPS) is 11.0. The van der Waals surface area contributed by atoms with E-state index in [0.717, 1.165) is 10.8 Å². The molecular formula is C20H16N4O2. The van der Waals surface area contributed by atoms with Gasteiger partial charge in [0.25, 0.3) is 5.56 Å². The van der Waals surface area contributed by atoms with Crippen molar-refractivity contribution in [2.24, 2.45) is 0 Å². The molecule has 0 bridgehead atoms. The number of benzene rings is 2. The van der Waals surface area contributed by atoms with Crippen LogP contribution in [-0.4, -0.2) is 20.7 Å². The molecule has 128 valence electrons. The second kappa shape index (κ2) is 6.40. The first-order valence-corrected chi connectivity index (χ1v) is 8.23. The van der Waals surface area contributed by atoms with Crippen LogP contribution in [0.15, 0.2) is 65.6 Å². The van der Waals surface area contributed by atoms with Crippen LogP contribution in [0.25, 0.3) is 21.7 Å². The van der Waals surface area contributed by atoms with Crippen molar-refractivity contribution in [3.8, 4) is 0 Å². The van der Waals surface area contributed by atoms with Crippen LogP contribution in [0.5, 0.6) is 0 Å². The largest absolute Gasteiger partial charge is 0.323 e. The SMILES string of the molecule is Cc1nn(CC(=O)Nc2cccc3cccnc23)c(=O)c2ccccc12. The molecule has 0 unspecified atom stereocenters. The number of nitrogens with zero attached hydrogens (tertiary/aromatic N) is 3. The zero-order valence-corrected chi connectivity index (χ0v) is 14.1. The van der Waals surface area contributed by atoms with Crippen LogP contribution in [0.4, 0.5) is 5.69 Å². The molecule has 0 spiro atoms. The topological polar surface area (TPSA) is 76.9 Å². The molecule has 6 heteroatoms. The van der Waals surface area contributed by atoms with Gasteiger partial charge < -0.3 is 5.32 Å². The average molecular weight is 344 g/mol. The highest BCUT2D eigenvalue weighted by molar-refractivity contribution is 6.00. The fourth-order valence-electron chi connectivity index (χ4n) is 3.04. The molecule has 0 saturated carbocycles. The number of hydrogen-bond acceptors (Lipinski definition) is 4. The maximum atomic E-state index is 12.6. The van der Waals surface area contributed by atoms with Gasteiger partial charge in [0.1, 0.15) is 6.54 Å². The number of amides is 1. The summed E-state index contributed by atoms with van der Waals surface area (Å²) >= 11 is 0. The summed E-state index contributed by atoms with van der Waals surface area (Å²) in [5.41, 5.74) is 1.74. The highest BCUT2D eigenvalue weighted by Crippen LogP contribution is 2.20. The number of pyridine rings is 1. The molecule has 2 aromatic carbocycles. The Bertz CT molecular complexity index is 1190. The highest BCUT2D eigenvalue weighted by Gasteiger charge is 2.12. The second-order valence-corrected chi connectivity index (χ2v) is 6.02. The third-order valence-corrected chi connectivity index (χ3v) is 4.25. The van der Waals surface area contributed by atoms with E-state index in [1.54, 1.807) is 24.4 Å². The van der Waals surface area contributed by atoms with Gasteiger partial charge in [-0.3, -0.25) is 14.6 Å². The Hall–Kier alpha value is -3.54. The van der Waals surface area contributed by atoms with E-state index in [0.29, 0.717) is 22.3 Å². The standard InChI is InChI=1S/C20H16N4O2/c1-13-15-8-2-3-9-16(15)20(26)24(23-13)12-18(25)22-17-10-4-6-14-7-5-11-21-19(14)17/h2-11H,12H2,1H3,(H,22,25). The van der Waals surface area contributed by atoms with Crippen LogP contribution in [0.1, 0.15) is 5.69 Å². The van der Waals surface area contributed by atoms with Gasteiger partial charge in [0.05, 0.1) is 22.3 Å². The van der Waals surface area contributed by atoms with Gasteiger partial charge in [-0.1, -0.05) is 36.4 Å². The van der Waals surface area contributed by atoms with Crippen molar-refractivity contribution in [2.75, 3.05) is 5.32 Å². The summed E-state index contributed by atoms with van der Waals surface area (Å²) in [5.74, 6) is -0.326. The molecule has 0 aliphatic rings. The monoisotopic (exact) mass is 344 g/mol. The number of aryl methyl sites for hydroxylation is 1. The van der Waals surface area contributed by atoms with Crippen molar-refractivity contribution in [2.45, 2.75) is 13.5 Å². The van der Waals surface area contributed by atoms with E-state index < -0.39 is 0 Å². The first-order chi connectivity index (χ1) is 12.6. The summed E-state index contributed by atoms with van der Waals surface area (Å²) < 4.78 is 1.20. The molecule has 6 nitrogen and oxygen atoms in total. The lowest BCUT2D eigenvalue weighted by atomic mass is 10.1. The van der Waals surface area contributed by atoms with Crippen molar-refractivity contribution in [1.29, 1.82) is 0 Å². The van der Waals surface area contributed by atoms with Gasteiger partial charge in [-0.25, -0.2) is 4.68 Å². The van der Waals surface area contributed by atoms with Crippen LogP contribution in [0.3, 0.4) is 0 Å². The molecule has 0 saturated heterocycles. The van der Waals surface area contributed by atoms with Crippen LogP contribution in [0.2, 0.25) is 0 Å². The first kappa shape index (κ1) is 16.0. The van der Waals surface area contributed by atoms with Crippen LogP contribution in [-0.2, 0) is 11.3 Å². The smallest absolute Gasteiger partial charge is 0.275 e. The lowest BCUT2D eigenvalue weighted by Gasteiger charge is -2.10. The number of hydrogen-bond donors (Lipinski definition) is 1. The Balaban J connectivity index is 1.66. The zero-order valence-electron chi connectivity index (χ0n) is 14.1. The predicted octanol–water partition coefficient (Wildman–Crippen LogP) is 2.89. The lowest BCUT2D eigenvalue weighted by Crippen LogP contribution is -2.30. The van der Waals surface area contributed by atoms with Gasteiger partial charge in [-0.15, -0.1) is 0 Å². The molecule has 0 atom stereocenters. The molecule has 4 aromatic rings. The van der Waals surface area contributed by atoms with Crippen molar-refractivity contribution in [1.82, 2.24) is 14.8 Å². The summed E-state index contributed by atoms with van der Waals surface area (Å²) in [6.45, 7) is 1.67. The number of rotatable bonds is 3. The van der Waals surface area contributed by atoms with Gasteiger partial charge in [-0.2, -0.15) is 5.10 Å². The van der Waals surface area contributed by atoms with Crippen molar-refractivity contribution in [3.63, 3.8) is 0 Å². The summed E-state index contributed by atoms with van der Waals surface area (Å²) in [4.78, 5) is 29.4. The minimum absolute atomic E-state index is 0.159. The number of nitrogens with one attached hydrogen (secondary N) is 1. The number of carbonyl (C=O) groups is 1. The highest BCUT2D eigenvalue weighted by atomic mass is 16.2. The van der Waals surface area contributed by atoms with Crippen LogP contribution < -0.4 is 10.9 Å². The molecular weight excluding hydrogens is 328 g/mol. The summed E-state index contributed by atoms with van der Waals surface area (Å²) in [6.07, 6.45) is 1.68. The fourth-order valence-corrected chi connectivity index (χ4v) is 3.04. The van der Waals surface area contributed by atoms with Gasteiger partial charge in [0.2, 0.25) is 5.91 Å². The number of aromatic nitrogens is 3. The molecule has 1 N–H and O–H groups in total. The predicted molar refractivity (Wildman–Crippen MR) is 101 cm³/mol. The van der Waals surface area contributed by atoms with E-state index in [4.69, 9.17) is 0 Å². The van der Waals surface area contributed by atoms with Gasteiger partial charge in [-0.05, 0) is 25.1 Å². The molecule has 4 rings (SSSR count). The zero-order chi connectivity index (χ0) is 18.1. The summed E-state index contributed by atoms with van der Waals surface area (Å²) in [6, 6.07) is 16.6. The molecule has 0 aliphatic heterocycles. The Morgan fingerprint density at radius 2 is 1.81 bits per heavy atom. The van der Waals surface area contributed by atoms with E-state index in [2.05, 4.69) is 15.4 Å². The van der Waals surface area contributed by atoms with Gasteiger partial charge in [0.15, 0.2) is 0 Å². The van der Waals surface area contributed by atoms with E-state index in [9.17, 15) is 9.59 Å². The van der Waals surface area contributed by atoms with E-state index in [1.165, 1.54) is 4.68 Å². The molecule has 0 aliphatic carbocycles. The lowest BCUT2D eigenvalue weighted by molar-refractivity contribution is -0.117. The summed E-state index contributed by atoms with van der Waals surface area (Å²) in [7, 11) is 0. The quantitative estimate of drug-likeness (QED) is 0.620. The number of para-hydroxylation sites is 1. The van der Waals surface area contributed by atoms with Crippen molar-refractivity contribution >= 4 is 33.3 Å². The molecule has 2 heterocycles. The Kier molecular flexibility index (Phi) is 3.93. The molecule has 0 radical (unpaired) electrons. The Labute approximate surface area is 149 Å². The molecule has 26 heavy (non-hydrogen) atoms. The maximum absolute atomic E-state index is 12.6. The van der Waals surface area contributed by atoms with E-state index in [-0.39, 0.29) is 18.0 Å². The van der Waals surface area contributed by atoms with Crippen LogP contribution >= 0.6 is 0 Å². The Morgan fingerprint density at radius 1 is 1.04 bits per heavy atom. The first-order valence-electron chi connectivity index (χ1n) is 8.23. The third-order valence-electron chi connectivity index (χ3n) is 4.25. The summed E-state index contributed by atoms with van der Waals surface area (Å²) in [5, 5.41) is 9.39. The van der Waals surface area contributed by atoms with E-state index in [1.807, 2.05) is 43.3 Å². The van der Waals surface area contributed by atoms with E-state index >= 15 is 0 Å². The molecule has 0 fully saturated rings. The second-order valence-electron chi connectivity index (χ2n) is 6.02. The number of fused-ring (bicyclic) bond motifs is 2. The fraction of sp³-hybridized carbons (Fsp3) is 0.100. The molecule has 2 aromatic heterocycles. The third kappa shape index (κ3) is 2.82. The minimum Gasteiger partial charge on any atom is -0.323 e. The number of carbonyl (C=O) groups excluding carboxylic acids is 1. The molecule has 1 amide bonds. The Morgan fingerprint density at radius 3 is 2.65 bits per heavy atom. The number of anilines is 1. The van der Waals surface area contributed by atoms with Gasteiger partial charge in [0, 0.05) is 17.0 Å².